The van der Waals surface area contributed by atoms with Crippen molar-refractivity contribution in [1.29, 1.82) is 5.26 Å². The van der Waals surface area contributed by atoms with Gasteiger partial charge < -0.3 is 4.98 Å². The topological polar surface area (TPSA) is 57.4 Å². The summed E-state index contributed by atoms with van der Waals surface area (Å²) in [5.74, 6) is 0. The summed E-state index contributed by atoms with van der Waals surface area (Å²) in [6.07, 6.45) is 1.75. The Hall–Kier alpha value is -2.45. The molecule has 2 aromatic heterocycles. The molecule has 0 unspecified atom stereocenters. The molecule has 5 heteroatoms. The molecule has 2 heterocycles. The summed E-state index contributed by atoms with van der Waals surface area (Å²) in [5, 5.41) is 8.78. The minimum Gasteiger partial charge on any atom is -0.329 e. The molecule has 92 valence electrons. The summed E-state index contributed by atoms with van der Waals surface area (Å²) >= 11 is 5.32. The molecular formula is C14H10N4S. The van der Waals surface area contributed by atoms with E-state index < -0.39 is 0 Å². The van der Waals surface area contributed by atoms with Crippen LogP contribution in [0.25, 0.3) is 11.2 Å². The van der Waals surface area contributed by atoms with Gasteiger partial charge in [-0.3, -0.25) is 4.57 Å². The fraction of sp³-hybridized carbons (Fsp3) is 0.0714. The first-order chi connectivity index (χ1) is 9.28. The van der Waals surface area contributed by atoms with Crippen molar-refractivity contribution < 1.29 is 0 Å². The van der Waals surface area contributed by atoms with Gasteiger partial charge in [-0.2, -0.15) is 5.26 Å². The van der Waals surface area contributed by atoms with Crippen LogP contribution < -0.4 is 0 Å². The molecule has 0 saturated carbocycles. The third-order valence-corrected chi connectivity index (χ3v) is 3.28. The van der Waals surface area contributed by atoms with Gasteiger partial charge in [0.25, 0.3) is 0 Å². The van der Waals surface area contributed by atoms with E-state index in [2.05, 4.69) is 16.0 Å². The van der Waals surface area contributed by atoms with Crippen LogP contribution in [0.2, 0.25) is 0 Å². The van der Waals surface area contributed by atoms with E-state index in [1.54, 1.807) is 18.3 Å². The molecule has 4 nitrogen and oxygen atoms in total. The van der Waals surface area contributed by atoms with E-state index in [4.69, 9.17) is 17.5 Å². The van der Waals surface area contributed by atoms with Crippen molar-refractivity contribution in [3.63, 3.8) is 0 Å². The van der Waals surface area contributed by atoms with Crippen LogP contribution >= 0.6 is 12.2 Å². The van der Waals surface area contributed by atoms with Crippen LogP contribution in [0.4, 0.5) is 0 Å². The van der Waals surface area contributed by atoms with Crippen LogP contribution in [0, 0.1) is 16.1 Å². The third kappa shape index (κ3) is 2.14. The Morgan fingerprint density at radius 1 is 1.26 bits per heavy atom. The Morgan fingerprint density at radius 2 is 2.05 bits per heavy atom. The van der Waals surface area contributed by atoms with Crippen LogP contribution in [0.3, 0.4) is 0 Å². The van der Waals surface area contributed by atoms with Crippen molar-refractivity contribution in [2.75, 3.05) is 0 Å². The summed E-state index contributed by atoms with van der Waals surface area (Å²) < 4.78 is 2.60. The normalized spacial score (nSPS) is 10.5. The van der Waals surface area contributed by atoms with Gasteiger partial charge in [-0.1, -0.05) is 12.1 Å². The van der Waals surface area contributed by atoms with Gasteiger partial charge in [-0.15, -0.1) is 0 Å². The number of nitrogens with one attached hydrogen (secondary N) is 1. The molecule has 0 atom stereocenters. The van der Waals surface area contributed by atoms with Crippen LogP contribution in [0.1, 0.15) is 11.1 Å². The predicted octanol–water partition coefficient (Wildman–Crippen LogP) is 3.01. The van der Waals surface area contributed by atoms with Crippen molar-refractivity contribution in [2.45, 2.75) is 6.54 Å². The lowest BCUT2D eigenvalue weighted by molar-refractivity contribution is 0.800. The molecule has 0 saturated heterocycles. The maximum Gasteiger partial charge on any atom is 0.179 e. The van der Waals surface area contributed by atoms with E-state index in [0.717, 1.165) is 16.7 Å². The Morgan fingerprint density at radius 3 is 2.79 bits per heavy atom. The number of hydrogen-bond acceptors (Lipinski definition) is 3. The summed E-state index contributed by atoms with van der Waals surface area (Å²) in [6, 6.07) is 13.4. The van der Waals surface area contributed by atoms with E-state index >= 15 is 0 Å². The molecule has 0 fully saturated rings. The molecule has 0 amide bonds. The average Bonchev–Trinajstić information content (AvgIpc) is 2.76. The van der Waals surface area contributed by atoms with Gasteiger partial charge >= 0.3 is 0 Å². The maximum absolute atomic E-state index is 8.78. The summed E-state index contributed by atoms with van der Waals surface area (Å²) in [4.78, 5) is 7.48. The SMILES string of the molecule is N#Cc1ccc(Cn2c(=S)[nH]c3cccnc32)cc1. The first-order valence-corrected chi connectivity index (χ1v) is 6.21. The lowest BCUT2D eigenvalue weighted by Gasteiger charge is -2.04. The largest absolute Gasteiger partial charge is 0.329 e. The molecule has 1 aromatic carbocycles. The summed E-state index contributed by atoms with van der Waals surface area (Å²) in [5.41, 5.74) is 3.52. The quantitative estimate of drug-likeness (QED) is 0.725. The van der Waals surface area contributed by atoms with E-state index in [1.165, 1.54) is 0 Å². The summed E-state index contributed by atoms with van der Waals surface area (Å²) in [6.45, 7) is 0.640. The number of aromatic amines is 1. The van der Waals surface area contributed by atoms with Crippen LogP contribution in [0.5, 0.6) is 0 Å². The molecule has 0 bridgehead atoms. The predicted molar refractivity (Wildman–Crippen MR) is 75.2 cm³/mol. The van der Waals surface area contributed by atoms with Gasteiger partial charge in [0.2, 0.25) is 0 Å². The second-order valence-electron chi connectivity index (χ2n) is 4.20. The number of fused-ring (bicyclic) bond motifs is 1. The summed E-state index contributed by atoms with van der Waals surface area (Å²) in [7, 11) is 0. The molecule has 1 N–H and O–H groups in total. The molecule has 19 heavy (non-hydrogen) atoms. The molecule has 0 spiro atoms. The number of pyridine rings is 1. The number of benzene rings is 1. The van der Waals surface area contributed by atoms with Gasteiger partial charge in [0.05, 0.1) is 23.7 Å². The number of H-pyrrole nitrogens is 1. The highest BCUT2D eigenvalue weighted by Gasteiger charge is 2.05. The first-order valence-electron chi connectivity index (χ1n) is 5.80. The zero-order valence-electron chi connectivity index (χ0n) is 10.00. The van der Waals surface area contributed by atoms with Crippen molar-refractivity contribution in [3.05, 3.63) is 58.5 Å². The highest BCUT2D eigenvalue weighted by molar-refractivity contribution is 7.71. The number of aromatic nitrogens is 3. The van der Waals surface area contributed by atoms with E-state index in [-0.39, 0.29) is 0 Å². The van der Waals surface area contributed by atoms with Gasteiger partial charge in [-0.05, 0) is 42.0 Å². The van der Waals surface area contributed by atoms with Gasteiger partial charge in [0.15, 0.2) is 10.4 Å². The zero-order valence-corrected chi connectivity index (χ0v) is 10.8. The van der Waals surface area contributed by atoms with Crippen LogP contribution in [-0.4, -0.2) is 14.5 Å². The minimum atomic E-state index is 0.640. The number of hydrogen-bond donors (Lipinski definition) is 1. The number of imidazole rings is 1. The molecular weight excluding hydrogens is 256 g/mol. The van der Waals surface area contributed by atoms with Crippen LogP contribution in [-0.2, 0) is 6.54 Å². The molecule has 3 rings (SSSR count). The first kappa shape index (κ1) is 11.6. The van der Waals surface area contributed by atoms with Crippen molar-refractivity contribution in [2.24, 2.45) is 0 Å². The molecule has 3 aromatic rings. The Labute approximate surface area is 115 Å². The molecule has 0 aliphatic rings. The maximum atomic E-state index is 8.78. The molecule has 0 radical (unpaired) electrons. The van der Waals surface area contributed by atoms with Crippen molar-refractivity contribution >= 4 is 23.4 Å². The second kappa shape index (κ2) is 4.67. The van der Waals surface area contributed by atoms with Gasteiger partial charge in [0.1, 0.15) is 0 Å². The number of nitrogens with zero attached hydrogens (tertiary/aromatic N) is 3. The molecule has 0 aliphatic heterocycles. The monoisotopic (exact) mass is 266 g/mol. The van der Waals surface area contributed by atoms with Gasteiger partial charge in [-0.25, -0.2) is 4.98 Å². The third-order valence-electron chi connectivity index (χ3n) is 2.95. The van der Waals surface area contributed by atoms with E-state index in [9.17, 15) is 0 Å². The highest BCUT2D eigenvalue weighted by atomic mass is 32.1. The molecule has 0 aliphatic carbocycles. The van der Waals surface area contributed by atoms with Crippen molar-refractivity contribution in [1.82, 2.24) is 14.5 Å². The standard InChI is InChI=1S/C14H10N4S/c15-8-10-3-5-11(6-4-10)9-18-13-12(17-14(18)19)2-1-7-16-13/h1-7H,9H2,(H,17,19). The zero-order chi connectivity index (χ0) is 13.2. The second-order valence-corrected chi connectivity index (χ2v) is 4.59. The number of nitriles is 1. The Bertz CT molecular complexity index is 821. The van der Waals surface area contributed by atoms with Gasteiger partial charge in [0, 0.05) is 6.20 Å². The lowest BCUT2D eigenvalue weighted by Crippen LogP contribution is -2.00. The highest BCUT2D eigenvalue weighted by Crippen LogP contribution is 2.13. The Kier molecular flexibility index (Phi) is 2.86. The minimum absolute atomic E-state index is 0.640. The number of rotatable bonds is 2. The van der Waals surface area contributed by atoms with E-state index in [1.807, 2.05) is 28.8 Å². The van der Waals surface area contributed by atoms with Crippen molar-refractivity contribution in [3.8, 4) is 6.07 Å². The fourth-order valence-corrected chi connectivity index (χ4v) is 2.26. The fourth-order valence-electron chi connectivity index (χ4n) is 2.00. The smallest absolute Gasteiger partial charge is 0.179 e. The average molecular weight is 266 g/mol. The Balaban J connectivity index is 2.03. The lowest BCUT2D eigenvalue weighted by atomic mass is 10.1. The van der Waals surface area contributed by atoms with E-state index in [0.29, 0.717) is 16.9 Å². The van der Waals surface area contributed by atoms with Crippen LogP contribution in [0.15, 0.2) is 42.6 Å².